The molecule has 0 amide bonds. The van der Waals surface area contributed by atoms with Crippen molar-refractivity contribution < 1.29 is 13.9 Å². The minimum Gasteiger partial charge on any atom is -0.468 e. The summed E-state index contributed by atoms with van der Waals surface area (Å²) < 4.78 is 19.3. The van der Waals surface area contributed by atoms with E-state index in [0.29, 0.717) is 46.1 Å². The zero-order valence-electron chi connectivity index (χ0n) is 17.7. The lowest BCUT2D eigenvalue weighted by Crippen LogP contribution is -2.54. The van der Waals surface area contributed by atoms with Gasteiger partial charge in [0.15, 0.2) is 0 Å². The van der Waals surface area contributed by atoms with Gasteiger partial charge in [-0.3, -0.25) is 14.9 Å². The number of nitrogens with zero attached hydrogens (tertiary/aromatic N) is 4. The van der Waals surface area contributed by atoms with E-state index in [1.807, 2.05) is 18.2 Å². The summed E-state index contributed by atoms with van der Waals surface area (Å²) in [5.41, 5.74) is 4.34. The van der Waals surface area contributed by atoms with Gasteiger partial charge >= 0.3 is 5.97 Å². The molecule has 3 aromatic heterocycles. The minimum atomic E-state index is -0.409. The quantitative estimate of drug-likeness (QED) is 0.445. The number of hydrogen-bond acceptors (Lipinski definition) is 7. The summed E-state index contributed by atoms with van der Waals surface area (Å²) in [7, 11) is 1.38. The van der Waals surface area contributed by atoms with Crippen molar-refractivity contribution in [3.8, 4) is 22.5 Å². The monoisotopic (exact) mass is 466 g/mol. The number of fused-ring (bicyclic) bond motifs is 1. The number of rotatable bonds is 4. The Labute approximate surface area is 193 Å². The molecule has 10 heteroatoms. The summed E-state index contributed by atoms with van der Waals surface area (Å²) in [6, 6.07) is 9.59. The van der Waals surface area contributed by atoms with Crippen LogP contribution in [0.4, 0.5) is 10.1 Å². The van der Waals surface area contributed by atoms with Crippen LogP contribution in [0.15, 0.2) is 48.8 Å². The van der Waals surface area contributed by atoms with Crippen LogP contribution >= 0.6 is 11.6 Å². The van der Waals surface area contributed by atoms with Gasteiger partial charge in [-0.05, 0) is 36.4 Å². The Bertz CT molecular complexity index is 1340. The smallest absolute Gasteiger partial charge is 0.324 e. The van der Waals surface area contributed by atoms with Crippen molar-refractivity contribution in [3.63, 3.8) is 0 Å². The Balaban J connectivity index is 1.50. The molecule has 1 aromatic carbocycles. The zero-order valence-corrected chi connectivity index (χ0v) is 18.4. The van der Waals surface area contributed by atoms with Crippen LogP contribution in [0.25, 0.3) is 33.5 Å². The van der Waals surface area contributed by atoms with Gasteiger partial charge in [0.05, 0.1) is 47.6 Å². The molecule has 0 aliphatic carbocycles. The number of H-pyrrole nitrogens is 1. The Morgan fingerprint density at radius 3 is 2.91 bits per heavy atom. The SMILES string of the molecule is COC(=O)[C@@H]1CN(c2cnc3ccc(-c4cn[nH]c4-c4cc(Cl)ccc4F)nc3c2)CCN1. The lowest BCUT2D eigenvalue weighted by atomic mass is 10.0. The zero-order chi connectivity index (χ0) is 22.9. The summed E-state index contributed by atoms with van der Waals surface area (Å²) in [6.07, 6.45) is 3.38. The molecule has 2 N–H and O–H groups in total. The third kappa shape index (κ3) is 4.12. The second-order valence-electron chi connectivity index (χ2n) is 7.69. The summed E-state index contributed by atoms with van der Waals surface area (Å²) in [4.78, 5) is 23.3. The number of nitrogens with one attached hydrogen (secondary N) is 2. The van der Waals surface area contributed by atoms with E-state index in [9.17, 15) is 9.18 Å². The fourth-order valence-corrected chi connectivity index (χ4v) is 4.15. The van der Waals surface area contributed by atoms with Gasteiger partial charge in [-0.2, -0.15) is 5.10 Å². The van der Waals surface area contributed by atoms with E-state index >= 15 is 0 Å². The molecule has 1 aliphatic heterocycles. The van der Waals surface area contributed by atoms with Crippen molar-refractivity contribution in [2.75, 3.05) is 31.6 Å². The molecule has 33 heavy (non-hydrogen) atoms. The molecule has 168 valence electrons. The topological polar surface area (TPSA) is 96.0 Å². The Hall–Kier alpha value is -3.56. The maximum atomic E-state index is 14.5. The number of hydrogen-bond donors (Lipinski definition) is 2. The number of pyridine rings is 2. The first-order valence-electron chi connectivity index (χ1n) is 10.4. The first-order valence-corrected chi connectivity index (χ1v) is 10.7. The average Bonchev–Trinajstić information content (AvgIpc) is 3.34. The highest BCUT2D eigenvalue weighted by Gasteiger charge is 2.26. The van der Waals surface area contributed by atoms with E-state index in [1.165, 1.54) is 19.2 Å². The maximum Gasteiger partial charge on any atom is 0.324 e. The van der Waals surface area contributed by atoms with Crippen LogP contribution in [0.5, 0.6) is 0 Å². The summed E-state index contributed by atoms with van der Waals surface area (Å²) in [6.45, 7) is 1.84. The molecule has 0 radical (unpaired) electrons. The molecule has 0 bridgehead atoms. The molecule has 1 saturated heterocycles. The largest absolute Gasteiger partial charge is 0.468 e. The molecule has 4 heterocycles. The number of esters is 1. The number of carbonyl (C=O) groups is 1. The van der Waals surface area contributed by atoms with Gasteiger partial charge in [0.25, 0.3) is 0 Å². The van der Waals surface area contributed by atoms with Crippen LogP contribution in [-0.2, 0) is 9.53 Å². The summed E-state index contributed by atoms with van der Waals surface area (Å²) in [5, 5.41) is 10.5. The predicted octanol–water partition coefficient (Wildman–Crippen LogP) is 3.43. The molecule has 1 aliphatic rings. The van der Waals surface area contributed by atoms with Crippen LogP contribution in [0.1, 0.15) is 0 Å². The fraction of sp³-hybridized carbons (Fsp3) is 0.217. The molecular weight excluding hydrogens is 447 g/mol. The minimum absolute atomic E-state index is 0.297. The highest BCUT2D eigenvalue weighted by molar-refractivity contribution is 6.30. The van der Waals surface area contributed by atoms with Crippen LogP contribution < -0.4 is 10.2 Å². The standard InChI is InChI=1S/C23H20ClFN6O2/c1-33-23(32)21-12-31(7-6-26-21)14-9-20-19(27-10-14)5-4-18(29-20)16-11-28-30-22(16)15-8-13(24)2-3-17(15)25/h2-5,8-11,21,26H,6-7,12H2,1H3,(H,28,30)/t21-/m0/s1. The number of methoxy groups -OCH3 is 1. The highest BCUT2D eigenvalue weighted by atomic mass is 35.5. The van der Waals surface area contributed by atoms with E-state index in [0.717, 1.165) is 17.7 Å². The van der Waals surface area contributed by atoms with Gasteiger partial charge in [-0.1, -0.05) is 11.6 Å². The number of piperazine rings is 1. The van der Waals surface area contributed by atoms with Crippen molar-refractivity contribution in [1.82, 2.24) is 25.5 Å². The van der Waals surface area contributed by atoms with Gasteiger partial charge in [0.2, 0.25) is 0 Å². The van der Waals surface area contributed by atoms with Crippen LogP contribution in [0.2, 0.25) is 5.02 Å². The van der Waals surface area contributed by atoms with Crippen LogP contribution in [0.3, 0.4) is 0 Å². The van der Waals surface area contributed by atoms with Gasteiger partial charge in [0.1, 0.15) is 11.9 Å². The number of aromatic amines is 1. The van der Waals surface area contributed by atoms with E-state index < -0.39 is 11.9 Å². The van der Waals surface area contributed by atoms with Gasteiger partial charge < -0.3 is 15.0 Å². The van der Waals surface area contributed by atoms with Crippen molar-refractivity contribution in [2.45, 2.75) is 6.04 Å². The van der Waals surface area contributed by atoms with Gasteiger partial charge in [-0.25, -0.2) is 9.37 Å². The number of anilines is 1. The van der Waals surface area contributed by atoms with Crippen molar-refractivity contribution in [2.24, 2.45) is 0 Å². The van der Waals surface area contributed by atoms with E-state index in [-0.39, 0.29) is 5.97 Å². The average molecular weight is 467 g/mol. The molecule has 0 unspecified atom stereocenters. The molecule has 8 nitrogen and oxygen atoms in total. The molecule has 1 fully saturated rings. The predicted molar refractivity (Wildman–Crippen MR) is 124 cm³/mol. The fourth-order valence-electron chi connectivity index (χ4n) is 3.98. The Morgan fingerprint density at radius 1 is 1.18 bits per heavy atom. The molecule has 0 spiro atoms. The van der Waals surface area contributed by atoms with Gasteiger partial charge in [-0.15, -0.1) is 0 Å². The first kappa shape index (κ1) is 21.3. The van der Waals surface area contributed by atoms with E-state index in [4.69, 9.17) is 21.3 Å². The molecule has 1 atom stereocenters. The van der Waals surface area contributed by atoms with E-state index in [2.05, 4.69) is 25.4 Å². The molecular formula is C23H20ClFN6O2. The second-order valence-corrected chi connectivity index (χ2v) is 8.12. The lowest BCUT2D eigenvalue weighted by molar-refractivity contribution is -0.143. The van der Waals surface area contributed by atoms with Crippen molar-refractivity contribution >= 4 is 34.3 Å². The summed E-state index contributed by atoms with van der Waals surface area (Å²) in [5.74, 6) is -0.705. The van der Waals surface area contributed by atoms with E-state index in [1.54, 1.807) is 18.5 Å². The van der Waals surface area contributed by atoms with Crippen molar-refractivity contribution in [1.29, 1.82) is 0 Å². The number of carbonyl (C=O) groups excluding carboxylic acids is 1. The van der Waals surface area contributed by atoms with Crippen LogP contribution in [-0.4, -0.2) is 58.9 Å². The molecule has 5 rings (SSSR count). The van der Waals surface area contributed by atoms with Crippen molar-refractivity contribution in [3.05, 3.63) is 59.6 Å². The Kier molecular flexibility index (Phi) is 5.65. The third-order valence-corrected chi connectivity index (χ3v) is 5.90. The van der Waals surface area contributed by atoms with Gasteiger partial charge in [0, 0.05) is 35.8 Å². The Morgan fingerprint density at radius 2 is 2.06 bits per heavy atom. The normalized spacial score (nSPS) is 16.2. The first-order chi connectivity index (χ1) is 16.0. The summed E-state index contributed by atoms with van der Waals surface area (Å²) >= 11 is 6.08. The second kappa shape index (κ2) is 8.76. The number of benzene rings is 1. The highest BCUT2D eigenvalue weighted by Crippen LogP contribution is 2.33. The number of halogens is 2. The lowest BCUT2D eigenvalue weighted by Gasteiger charge is -2.33. The number of aromatic nitrogens is 4. The van der Waals surface area contributed by atoms with Crippen LogP contribution in [0, 0.1) is 5.82 Å². The number of ether oxygens (including phenoxy) is 1. The maximum absolute atomic E-state index is 14.5. The molecule has 4 aromatic rings. The third-order valence-electron chi connectivity index (χ3n) is 5.66. The molecule has 0 saturated carbocycles.